The molecule has 1 aromatic rings. The summed E-state index contributed by atoms with van der Waals surface area (Å²) in [6.45, 7) is 0. The summed E-state index contributed by atoms with van der Waals surface area (Å²) in [5, 5.41) is 0.435. The van der Waals surface area contributed by atoms with Crippen molar-refractivity contribution in [2.24, 2.45) is 0 Å². The molecule has 0 N–H and O–H groups in total. The zero-order chi connectivity index (χ0) is 10.5. The van der Waals surface area contributed by atoms with Gasteiger partial charge in [-0.25, -0.2) is 4.39 Å². The largest absolute Gasteiger partial charge is 0.317 e. The molecule has 0 unspecified atom stereocenters. The molecule has 0 amide bonds. The molecule has 13 heavy (non-hydrogen) atoms. The fourth-order valence-corrected chi connectivity index (χ4v) is 0.637. The van der Waals surface area contributed by atoms with Crippen LogP contribution in [0.25, 0.3) is 0 Å². The van der Waals surface area contributed by atoms with Gasteiger partial charge in [-0.05, 0) is 18.2 Å². The number of hydrogen-bond acceptors (Lipinski definition) is 2. The van der Waals surface area contributed by atoms with Crippen molar-refractivity contribution in [3.8, 4) is 0 Å². The quantitative estimate of drug-likeness (QED) is 0.675. The van der Waals surface area contributed by atoms with Gasteiger partial charge in [-0.15, -0.1) is 0 Å². The van der Waals surface area contributed by atoms with Crippen LogP contribution in [0.3, 0.4) is 0 Å². The summed E-state index contributed by atoms with van der Waals surface area (Å²) in [4.78, 5) is 0. The summed E-state index contributed by atoms with van der Waals surface area (Å²) in [6, 6.07) is 5.82. The monoisotopic (exact) mass is 264 g/mol. The van der Waals surface area contributed by atoms with Crippen molar-refractivity contribution in [3.63, 3.8) is 0 Å². The highest BCUT2D eigenvalue weighted by atomic mass is 36.0. The number of benzene rings is 1. The Bertz CT molecular complexity index is 341. The molecule has 0 aliphatic rings. The first-order valence-electron chi connectivity index (χ1n) is 2.84. The second-order valence-corrected chi connectivity index (χ2v) is 5.92. The van der Waals surface area contributed by atoms with Crippen molar-refractivity contribution in [3.05, 3.63) is 35.1 Å². The van der Waals surface area contributed by atoms with Gasteiger partial charge in [-0.1, -0.05) is 17.7 Å². The molecule has 0 fully saturated rings. The standard InChI is InChI=1S/C6H4ClF.Cl2O2S/c7-5-2-1-3-6(8)4-5;1-5(2,3)4/h1-4H;. The normalized spacial score (nSPS) is 10.2. The topological polar surface area (TPSA) is 34.1 Å². The molecular weight excluding hydrogens is 261 g/mol. The van der Waals surface area contributed by atoms with Crippen molar-refractivity contribution < 1.29 is 12.8 Å². The van der Waals surface area contributed by atoms with E-state index >= 15 is 0 Å². The molecule has 0 aliphatic heterocycles. The molecule has 1 rings (SSSR count). The maximum absolute atomic E-state index is 12.1. The molecule has 0 spiro atoms. The molecular formula is C6H4Cl3FO2S. The van der Waals surface area contributed by atoms with Crippen LogP contribution in [0.4, 0.5) is 4.39 Å². The third kappa shape index (κ3) is 12.0. The second-order valence-electron chi connectivity index (χ2n) is 1.82. The zero-order valence-corrected chi connectivity index (χ0v) is 9.13. The molecule has 0 saturated heterocycles. The molecule has 0 radical (unpaired) electrons. The third-order valence-corrected chi connectivity index (χ3v) is 1.02. The van der Waals surface area contributed by atoms with E-state index in [0.717, 1.165) is 0 Å². The Morgan fingerprint density at radius 3 is 1.92 bits per heavy atom. The highest BCUT2D eigenvalue weighted by Gasteiger charge is 1.88. The van der Waals surface area contributed by atoms with E-state index in [2.05, 4.69) is 21.4 Å². The summed E-state index contributed by atoms with van der Waals surface area (Å²) in [5.41, 5.74) is 0. The first-order valence-corrected chi connectivity index (χ1v) is 6.35. The van der Waals surface area contributed by atoms with E-state index in [1.54, 1.807) is 12.1 Å². The average Bonchev–Trinajstić information content (AvgIpc) is 1.81. The number of halogens is 4. The lowest BCUT2D eigenvalue weighted by Crippen LogP contribution is -1.68. The fourth-order valence-electron chi connectivity index (χ4n) is 0.460. The van der Waals surface area contributed by atoms with E-state index in [1.807, 2.05) is 0 Å². The Labute approximate surface area is 89.1 Å². The van der Waals surface area contributed by atoms with Crippen molar-refractivity contribution in [1.82, 2.24) is 0 Å². The number of hydrogen-bond donors (Lipinski definition) is 0. The van der Waals surface area contributed by atoms with E-state index in [4.69, 9.17) is 20.0 Å². The van der Waals surface area contributed by atoms with Crippen LogP contribution in [-0.4, -0.2) is 8.42 Å². The van der Waals surface area contributed by atoms with Gasteiger partial charge >= 0.3 is 8.26 Å². The molecule has 0 bridgehead atoms. The summed E-state index contributed by atoms with van der Waals surface area (Å²) in [6.07, 6.45) is 0. The van der Waals surface area contributed by atoms with Crippen LogP contribution >= 0.6 is 33.0 Å². The van der Waals surface area contributed by atoms with E-state index in [0.29, 0.717) is 5.02 Å². The summed E-state index contributed by atoms with van der Waals surface area (Å²) < 4.78 is 30.4. The second kappa shape index (κ2) is 5.65. The first kappa shape index (κ1) is 13.0. The molecule has 0 aromatic heterocycles. The van der Waals surface area contributed by atoms with Crippen LogP contribution in [0.1, 0.15) is 0 Å². The third-order valence-electron chi connectivity index (χ3n) is 0.787. The lowest BCUT2D eigenvalue weighted by Gasteiger charge is -1.85. The van der Waals surface area contributed by atoms with E-state index in [9.17, 15) is 4.39 Å². The minimum absolute atomic E-state index is 0.294. The van der Waals surface area contributed by atoms with Gasteiger partial charge in [-0.3, -0.25) is 0 Å². The average molecular weight is 266 g/mol. The SMILES string of the molecule is Fc1cccc(Cl)c1.O=S(=O)(Cl)Cl. The van der Waals surface area contributed by atoms with Gasteiger partial charge in [-0.2, -0.15) is 8.42 Å². The van der Waals surface area contributed by atoms with Gasteiger partial charge < -0.3 is 0 Å². The van der Waals surface area contributed by atoms with Crippen LogP contribution in [0.5, 0.6) is 0 Å². The van der Waals surface area contributed by atoms with Crippen LogP contribution in [0, 0.1) is 5.82 Å². The fraction of sp³-hybridized carbons (Fsp3) is 0. The van der Waals surface area contributed by atoms with Gasteiger partial charge in [0.1, 0.15) is 5.82 Å². The molecule has 7 heteroatoms. The maximum atomic E-state index is 12.1. The summed E-state index contributed by atoms with van der Waals surface area (Å²) >= 11 is 5.40. The van der Waals surface area contributed by atoms with Gasteiger partial charge in [0, 0.05) is 26.4 Å². The van der Waals surface area contributed by atoms with Gasteiger partial charge in [0.15, 0.2) is 0 Å². The van der Waals surface area contributed by atoms with Crippen molar-refractivity contribution in [1.29, 1.82) is 0 Å². The molecule has 0 saturated carbocycles. The van der Waals surface area contributed by atoms with Crippen molar-refractivity contribution >= 4 is 41.2 Å². The maximum Gasteiger partial charge on any atom is 0.317 e. The lowest BCUT2D eigenvalue weighted by atomic mass is 10.4. The predicted octanol–water partition coefficient (Wildman–Crippen LogP) is 3.19. The molecule has 0 heterocycles. The van der Waals surface area contributed by atoms with E-state index < -0.39 is 8.26 Å². The van der Waals surface area contributed by atoms with E-state index in [-0.39, 0.29) is 5.82 Å². The van der Waals surface area contributed by atoms with Crippen LogP contribution in [0.2, 0.25) is 5.02 Å². The van der Waals surface area contributed by atoms with Crippen molar-refractivity contribution in [2.45, 2.75) is 0 Å². The molecule has 0 aliphatic carbocycles. The van der Waals surface area contributed by atoms with Gasteiger partial charge in [0.05, 0.1) is 0 Å². The minimum atomic E-state index is -3.72. The Balaban J connectivity index is 0.000000252. The van der Waals surface area contributed by atoms with Gasteiger partial charge in [0.25, 0.3) is 0 Å². The summed E-state index contributed by atoms with van der Waals surface area (Å²) in [7, 11) is 4.81. The van der Waals surface area contributed by atoms with Crippen LogP contribution < -0.4 is 0 Å². The Kier molecular flexibility index (Phi) is 5.64. The molecule has 74 valence electrons. The first-order chi connectivity index (χ1) is 5.79. The molecule has 1 aromatic carbocycles. The molecule has 2 nitrogen and oxygen atoms in total. The summed E-state index contributed by atoms with van der Waals surface area (Å²) in [5.74, 6) is -0.294. The highest BCUT2D eigenvalue weighted by Crippen LogP contribution is 2.07. The van der Waals surface area contributed by atoms with Crippen LogP contribution in [0.15, 0.2) is 24.3 Å². The van der Waals surface area contributed by atoms with Crippen molar-refractivity contribution in [2.75, 3.05) is 0 Å². The molecule has 0 atom stereocenters. The lowest BCUT2D eigenvalue weighted by molar-refractivity contribution is 0.621. The zero-order valence-electron chi connectivity index (χ0n) is 6.05. The van der Waals surface area contributed by atoms with Gasteiger partial charge in [0.2, 0.25) is 0 Å². The van der Waals surface area contributed by atoms with Crippen LogP contribution in [-0.2, 0) is 8.26 Å². The Morgan fingerprint density at radius 1 is 1.23 bits per heavy atom. The Hall–Kier alpha value is -0.0300. The highest BCUT2D eigenvalue weighted by molar-refractivity contribution is 8.31. The number of rotatable bonds is 0. The predicted molar refractivity (Wildman–Crippen MR) is 52.0 cm³/mol. The Morgan fingerprint density at radius 2 is 1.69 bits per heavy atom. The minimum Gasteiger partial charge on any atom is -0.207 e. The smallest absolute Gasteiger partial charge is 0.207 e. The van der Waals surface area contributed by atoms with E-state index in [1.165, 1.54) is 12.1 Å².